The monoisotopic (exact) mass is 332 g/mol. The van der Waals surface area contributed by atoms with Crippen LogP contribution in [0, 0.1) is 0 Å². The lowest BCUT2D eigenvalue weighted by molar-refractivity contribution is -0.143. The summed E-state index contributed by atoms with van der Waals surface area (Å²) < 4.78 is 10.3. The first-order valence-electron chi connectivity index (χ1n) is 7.27. The zero-order valence-corrected chi connectivity index (χ0v) is 15.2. The summed E-state index contributed by atoms with van der Waals surface area (Å²) in [6, 6.07) is -1.25. The second kappa shape index (κ2) is 7.52. The first kappa shape index (κ1) is 21.0. The fourth-order valence-corrected chi connectivity index (χ4v) is 1.50. The molecule has 0 aliphatic rings. The molecular weight excluding hydrogens is 304 g/mol. The fraction of sp³-hybridized carbons (Fsp3) is 0.800. The Morgan fingerprint density at radius 2 is 1.30 bits per heavy atom. The van der Waals surface area contributed by atoms with Crippen LogP contribution < -0.4 is 0 Å². The standard InChI is InChI=1S/C15H28N2O6/c1-14(2,3)22-12(20)16(7)9-10(11(18)19)17(8)13(21)23-15(4,5)6/h10H,9H2,1-8H3,(H,18,19)/t10-/m1/s1. The molecule has 0 bridgehead atoms. The van der Waals surface area contributed by atoms with E-state index in [2.05, 4.69) is 0 Å². The molecule has 134 valence electrons. The van der Waals surface area contributed by atoms with Gasteiger partial charge in [0.2, 0.25) is 0 Å². The number of carboxylic acid groups (broad SMARTS) is 1. The summed E-state index contributed by atoms with van der Waals surface area (Å²) in [6.45, 7) is 9.95. The Morgan fingerprint density at radius 1 is 0.913 bits per heavy atom. The van der Waals surface area contributed by atoms with Gasteiger partial charge in [0.25, 0.3) is 0 Å². The maximum Gasteiger partial charge on any atom is 0.410 e. The van der Waals surface area contributed by atoms with Crippen molar-refractivity contribution in [1.29, 1.82) is 0 Å². The first-order chi connectivity index (χ1) is 10.1. The molecule has 0 spiro atoms. The molecule has 0 saturated carbocycles. The van der Waals surface area contributed by atoms with Gasteiger partial charge < -0.3 is 19.5 Å². The van der Waals surface area contributed by atoms with Crippen LogP contribution in [0.5, 0.6) is 0 Å². The lowest BCUT2D eigenvalue weighted by atomic mass is 10.2. The van der Waals surface area contributed by atoms with Crippen molar-refractivity contribution < 1.29 is 29.0 Å². The second-order valence-corrected chi connectivity index (χ2v) is 7.31. The third-order valence-corrected chi connectivity index (χ3v) is 2.59. The van der Waals surface area contributed by atoms with E-state index >= 15 is 0 Å². The van der Waals surface area contributed by atoms with Crippen molar-refractivity contribution in [3.8, 4) is 0 Å². The Morgan fingerprint density at radius 3 is 1.65 bits per heavy atom. The van der Waals surface area contributed by atoms with Crippen LogP contribution in [0.1, 0.15) is 41.5 Å². The molecule has 0 aliphatic heterocycles. The molecule has 23 heavy (non-hydrogen) atoms. The van der Waals surface area contributed by atoms with Crippen LogP contribution in [0.15, 0.2) is 0 Å². The van der Waals surface area contributed by atoms with E-state index in [1.807, 2.05) is 0 Å². The molecule has 0 saturated heterocycles. The lowest BCUT2D eigenvalue weighted by Crippen LogP contribution is -2.51. The number of rotatable bonds is 4. The van der Waals surface area contributed by atoms with Crippen molar-refractivity contribution >= 4 is 18.2 Å². The molecule has 2 amide bonds. The van der Waals surface area contributed by atoms with Crippen LogP contribution in [-0.2, 0) is 14.3 Å². The number of carboxylic acids is 1. The van der Waals surface area contributed by atoms with E-state index < -0.39 is 35.4 Å². The minimum atomic E-state index is -1.25. The Balaban J connectivity index is 4.96. The zero-order valence-electron chi connectivity index (χ0n) is 15.2. The van der Waals surface area contributed by atoms with E-state index in [0.29, 0.717) is 0 Å². The summed E-state index contributed by atoms with van der Waals surface area (Å²) in [4.78, 5) is 37.4. The summed E-state index contributed by atoms with van der Waals surface area (Å²) in [5.74, 6) is -1.24. The summed E-state index contributed by atoms with van der Waals surface area (Å²) in [6.07, 6.45) is -1.44. The van der Waals surface area contributed by atoms with E-state index in [1.54, 1.807) is 41.5 Å². The predicted octanol–water partition coefficient (Wildman–Crippen LogP) is 2.17. The van der Waals surface area contributed by atoms with Crippen LogP contribution >= 0.6 is 0 Å². The number of hydrogen-bond donors (Lipinski definition) is 1. The minimum Gasteiger partial charge on any atom is -0.480 e. The third-order valence-electron chi connectivity index (χ3n) is 2.59. The number of carbonyl (C=O) groups excluding carboxylic acids is 2. The quantitative estimate of drug-likeness (QED) is 0.847. The zero-order chi connectivity index (χ0) is 18.6. The molecule has 0 heterocycles. The van der Waals surface area contributed by atoms with Gasteiger partial charge in [0.15, 0.2) is 0 Å². The van der Waals surface area contributed by atoms with Gasteiger partial charge in [-0.15, -0.1) is 0 Å². The minimum absolute atomic E-state index is 0.222. The molecule has 1 atom stereocenters. The molecule has 1 N–H and O–H groups in total. The summed E-state index contributed by atoms with van der Waals surface area (Å²) in [5, 5.41) is 9.33. The molecule has 0 rings (SSSR count). The molecular formula is C15H28N2O6. The SMILES string of the molecule is CN(C[C@H](C(=O)O)N(C)C(=O)OC(C)(C)C)C(=O)OC(C)(C)C. The van der Waals surface area contributed by atoms with Crippen molar-refractivity contribution in [2.24, 2.45) is 0 Å². The summed E-state index contributed by atoms with van der Waals surface area (Å²) >= 11 is 0. The molecule has 0 unspecified atom stereocenters. The number of likely N-dealkylation sites (N-methyl/N-ethyl adjacent to an activating group) is 2. The Bertz CT molecular complexity index is 450. The first-order valence-corrected chi connectivity index (χ1v) is 7.27. The normalized spacial score (nSPS) is 13.0. The van der Waals surface area contributed by atoms with Gasteiger partial charge in [-0.3, -0.25) is 4.90 Å². The van der Waals surface area contributed by atoms with Gasteiger partial charge in [0.05, 0.1) is 6.54 Å². The number of amides is 2. The van der Waals surface area contributed by atoms with Gasteiger partial charge in [0, 0.05) is 14.1 Å². The van der Waals surface area contributed by atoms with Gasteiger partial charge in [0.1, 0.15) is 17.2 Å². The molecule has 0 aromatic carbocycles. The smallest absolute Gasteiger partial charge is 0.410 e. The Hall–Kier alpha value is -1.99. The van der Waals surface area contributed by atoms with Crippen LogP contribution in [-0.4, -0.2) is 70.9 Å². The molecule has 8 heteroatoms. The van der Waals surface area contributed by atoms with Crippen molar-refractivity contribution in [3.63, 3.8) is 0 Å². The summed E-state index contributed by atoms with van der Waals surface area (Å²) in [5.41, 5.74) is -1.44. The number of hydrogen-bond acceptors (Lipinski definition) is 5. The topological polar surface area (TPSA) is 96.4 Å². The van der Waals surface area contributed by atoms with E-state index in [-0.39, 0.29) is 6.54 Å². The van der Waals surface area contributed by atoms with Crippen molar-refractivity contribution in [2.75, 3.05) is 20.6 Å². The number of carbonyl (C=O) groups is 3. The molecule has 0 radical (unpaired) electrons. The Labute approximate surface area is 137 Å². The second-order valence-electron chi connectivity index (χ2n) is 7.31. The highest BCUT2D eigenvalue weighted by atomic mass is 16.6. The molecule has 8 nitrogen and oxygen atoms in total. The summed E-state index contributed by atoms with van der Waals surface area (Å²) in [7, 11) is 2.72. The van der Waals surface area contributed by atoms with E-state index in [1.165, 1.54) is 14.1 Å². The number of nitrogens with zero attached hydrogens (tertiary/aromatic N) is 2. The van der Waals surface area contributed by atoms with Gasteiger partial charge in [-0.1, -0.05) is 0 Å². The number of ether oxygens (including phenoxy) is 2. The molecule has 0 fully saturated rings. The van der Waals surface area contributed by atoms with E-state index in [0.717, 1.165) is 9.80 Å². The van der Waals surface area contributed by atoms with Gasteiger partial charge in [-0.05, 0) is 41.5 Å². The van der Waals surface area contributed by atoms with Gasteiger partial charge >= 0.3 is 18.2 Å². The molecule has 0 aliphatic carbocycles. The molecule has 0 aromatic rings. The van der Waals surface area contributed by atoms with Crippen molar-refractivity contribution in [3.05, 3.63) is 0 Å². The van der Waals surface area contributed by atoms with Gasteiger partial charge in [-0.25, -0.2) is 14.4 Å². The van der Waals surface area contributed by atoms with Crippen molar-refractivity contribution in [1.82, 2.24) is 9.80 Å². The van der Waals surface area contributed by atoms with Gasteiger partial charge in [-0.2, -0.15) is 0 Å². The maximum absolute atomic E-state index is 12.0. The van der Waals surface area contributed by atoms with Crippen LogP contribution in [0.25, 0.3) is 0 Å². The average Bonchev–Trinajstić information content (AvgIpc) is 2.29. The largest absolute Gasteiger partial charge is 0.480 e. The van der Waals surface area contributed by atoms with Crippen LogP contribution in [0.2, 0.25) is 0 Å². The maximum atomic E-state index is 12.0. The average molecular weight is 332 g/mol. The number of aliphatic carboxylic acids is 1. The lowest BCUT2D eigenvalue weighted by Gasteiger charge is -2.31. The molecule has 0 aromatic heterocycles. The van der Waals surface area contributed by atoms with Crippen LogP contribution in [0.4, 0.5) is 9.59 Å². The fourth-order valence-electron chi connectivity index (χ4n) is 1.50. The highest BCUT2D eigenvalue weighted by Gasteiger charge is 2.33. The van der Waals surface area contributed by atoms with Crippen LogP contribution in [0.3, 0.4) is 0 Å². The predicted molar refractivity (Wildman–Crippen MR) is 84.3 cm³/mol. The van der Waals surface area contributed by atoms with Crippen molar-refractivity contribution in [2.45, 2.75) is 58.8 Å². The van der Waals surface area contributed by atoms with E-state index in [9.17, 15) is 19.5 Å². The van der Waals surface area contributed by atoms with E-state index in [4.69, 9.17) is 9.47 Å². The highest BCUT2D eigenvalue weighted by Crippen LogP contribution is 2.13. The Kier molecular flexibility index (Phi) is 6.87. The highest BCUT2D eigenvalue weighted by molar-refractivity contribution is 5.81. The third kappa shape index (κ3) is 8.27.